The fourth-order valence-corrected chi connectivity index (χ4v) is 3.08. The Labute approximate surface area is 109 Å². The van der Waals surface area contributed by atoms with Gasteiger partial charge in [-0.2, -0.15) is 0 Å². The number of carboxylic acids is 1. The van der Waals surface area contributed by atoms with Crippen LogP contribution in [0.5, 0.6) is 0 Å². The average Bonchev–Trinajstić information content (AvgIpc) is 2.99. The number of hydrogen-bond donors (Lipinski definition) is 1. The van der Waals surface area contributed by atoms with Crippen molar-refractivity contribution in [3.8, 4) is 0 Å². The molecule has 0 unspecified atom stereocenters. The summed E-state index contributed by atoms with van der Waals surface area (Å²) < 4.78 is 0. The van der Waals surface area contributed by atoms with Crippen LogP contribution in [-0.2, 0) is 13.0 Å². The number of carbonyl (C=O) groups is 1. The Morgan fingerprint density at radius 3 is 3.00 bits per heavy atom. The number of carboxylic acid groups (broad SMARTS) is 1. The van der Waals surface area contributed by atoms with E-state index in [1.54, 1.807) is 23.5 Å². The molecule has 1 aliphatic rings. The van der Waals surface area contributed by atoms with Crippen molar-refractivity contribution in [2.75, 3.05) is 11.4 Å². The second-order valence-corrected chi connectivity index (χ2v) is 5.43. The summed E-state index contributed by atoms with van der Waals surface area (Å²) in [7, 11) is 0. The number of aromatic carboxylic acids is 1. The van der Waals surface area contributed by atoms with Crippen molar-refractivity contribution in [1.29, 1.82) is 0 Å². The normalized spacial score (nSPS) is 13.7. The van der Waals surface area contributed by atoms with Crippen molar-refractivity contribution in [2.45, 2.75) is 13.0 Å². The summed E-state index contributed by atoms with van der Waals surface area (Å²) in [5.41, 5.74) is 2.70. The maximum atomic E-state index is 10.9. The van der Waals surface area contributed by atoms with Gasteiger partial charge < -0.3 is 10.0 Å². The van der Waals surface area contributed by atoms with Gasteiger partial charge in [-0.1, -0.05) is 6.07 Å². The molecule has 18 heavy (non-hydrogen) atoms. The molecule has 0 aliphatic carbocycles. The van der Waals surface area contributed by atoms with Gasteiger partial charge in [-0.3, -0.25) is 0 Å². The van der Waals surface area contributed by atoms with Gasteiger partial charge in [0.2, 0.25) is 0 Å². The highest BCUT2D eigenvalue weighted by Gasteiger charge is 2.20. The van der Waals surface area contributed by atoms with Gasteiger partial charge in [0.15, 0.2) is 0 Å². The van der Waals surface area contributed by atoms with E-state index >= 15 is 0 Å². The van der Waals surface area contributed by atoms with Crippen LogP contribution in [0.3, 0.4) is 0 Å². The molecule has 1 aromatic heterocycles. The minimum Gasteiger partial charge on any atom is -0.478 e. The van der Waals surface area contributed by atoms with Crippen molar-refractivity contribution in [3.63, 3.8) is 0 Å². The monoisotopic (exact) mass is 259 g/mol. The Balaban J connectivity index is 1.86. The quantitative estimate of drug-likeness (QED) is 0.921. The van der Waals surface area contributed by atoms with E-state index in [0.717, 1.165) is 25.1 Å². The summed E-state index contributed by atoms with van der Waals surface area (Å²) >= 11 is 1.76. The first-order chi connectivity index (χ1) is 8.74. The third kappa shape index (κ3) is 1.99. The lowest BCUT2D eigenvalue weighted by molar-refractivity contribution is 0.0697. The van der Waals surface area contributed by atoms with E-state index in [4.69, 9.17) is 5.11 Å². The molecular formula is C14H13NO2S. The molecule has 0 spiro atoms. The van der Waals surface area contributed by atoms with Gasteiger partial charge in [0.25, 0.3) is 0 Å². The molecule has 0 saturated heterocycles. The average molecular weight is 259 g/mol. The summed E-state index contributed by atoms with van der Waals surface area (Å²) in [4.78, 5) is 14.6. The molecule has 0 fully saturated rings. The molecule has 92 valence electrons. The zero-order valence-electron chi connectivity index (χ0n) is 9.80. The number of rotatable bonds is 3. The molecule has 3 nitrogen and oxygen atoms in total. The van der Waals surface area contributed by atoms with Crippen molar-refractivity contribution < 1.29 is 9.90 Å². The predicted octanol–water partition coefficient (Wildman–Crippen LogP) is 3.01. The lowest BCUT2D eigenvalue weighted by Crippen LogP contribution is -2.18. The zero-order valence-corrected chi connectivity index (χ0v) is 10.6. The Kier molecular flexibility index (Phi) is 2.80. The Hall–Kier alpha value is -1.81. The van der Waals surface area contributed by atoms with Gasteiger partial charge in [0.05, 0.1) is 12.1 Å². The molecule has 0 saturated carbocycles. The van der Waals surface area contributed by atoms with Crippen LogP contribution < -0.4 is 4.90 Å². The van der Waals surface area contributed by atoms with Crippen molar-refractivity contribution >= 4 is 23.0 Å². The second kappa shape index (κ2) is 4.46. The number of thiophene rings is 1. The van der Waals surface area contributed by atoms with Gasteiger partial charge in [-0.05, 0) is 41.6 Å². The molecule has 0 atom stereocenters. The van der Waals surface area contributed by atoms with E-state index < -0.39 is 5.97 Å². The molecule has 4 heteroatoms. The van der Waals surface area contributed by atoms with E-state index in [9.17, 15) is 4.79 Å². The maximum absolute atomic E-state index is 10.9. The largest absolute Gasteiger partial charge is 0.478 e. The number of nitrogens with zero attached hydrogens (tertiary/aromatic N) is 1. The molecule has 2 heterocycles. The van der Waals surface area contributed by atoms with Crippen LogP contribution in [0.25, 0.3) is 0 Å². The fraction of sp³-hybridized carbons (Fsp3) is 0.214. The summed E-state index contributed by atoms with van der Waals surface area (Å²) in [6.07, 6.45) is 0.932. The first kappa shape index (κ1) is 11.3. The molecule has 0 radical (unpaired) electrons. The lowest BCUT2D eigenvalue weighted by Gasteiger charge is -2.18. The molecule has 1 aromatic carbocycles. The molecule has 2 aromatic rings. The smallest absolute Gasteiger partial charge is 0.335 e. The van der Waals surface area contributed by atoms with E-state index in [2.05, 4.69) is 22.4 Å². The highest BCUT2D eigenvalue weighted by atomic mass is 32.1. The first-order valence-corrected chi connectivity index (χ1v) is 6.75. The van der Waals surface area contributed by atoms with Crippen LogP contribution in [0.1, 0.15) is 20.8 Å². The van der Waals surface area contributed by atoms with Crippen LogP contribution in [-0.4, -0.2) is 17.6 Å². The fourth-order valence-electron chi connectivity index (χ4n) is 2.36. The van der Waals surface area contributed by atoms with Crippen LogP contribution in [0.15, 0.2) is 35.7 Å². The summed E-state index contributed by atoms with van der Waals surface area (Å²) in [5, 5.41) is 11.1. The topological polar surface area (TPSA) is 40.5 Å². The molecule has 3 rings (SSSR count). The highest BCUT2D eigenvalue weighted by Crippen LogP contribution is 2.30. The molecular weight excluding hydrogens is 246 g/mol. The SMILES string of the molecule is O=C(O)c1ccc2c(c1)CCN2Cc1cccs1. The maximum Gasteiger partial charge on any atom is 0.335 e. The lowest BCUT2D eigenvalue weighted by atomic mass is 10.1. The summed E-state index contributed by atoms with van der Waals surface area (Å²) in [6, 6.07) is 9.61. The third-order valence-corrected chi connectivity index (χ3v) is 4.11. The highest BCUT2D eigenvalue weighted by molar-refractivity contribution is 7.09. The van der Waals surface area contributed by atoms with Crippen molar-refractivity contribution in [3.05, 3.63) is 51.7 Å². The van der Waals surface area contributed by atoms with E-state index in [0.29, 0.717) is 5.56 Å². The van der Waals surface area contributed by atoms with E-state index in [-0.39, 0.29) is 0 Å². The van der Waals surface area contributed by atoms with Gasteiger partial charge in [0, 0.05) is 17.1 Å². The van der Waals surface area contributed by atoms with Gasteiger partial charge >= 0.3 is 5.97 Å². The summed E-state index contributed by atoms with van der Waals surface area (Å²) in [6.45, 7) is 1.88. The number of anilines is 1. The molecule has 0 amide bonds. The van der Waals surface area contributed by atoms with Gasteiger partial charge in [0.1, 0.15) is 0 Å². The van der Waals surface area contributed by atoms with E-state index in [1.165, 1.54) is 10.6 Å². The van der Waals surface area contributed by atoms with Gasteiger partial charge in [-0.25, -0.2) is 4.79 Å². The van der Waals surface area contributed by atoms with Crippen LogP contribution in [0.2, 0.25) is 0 Å². The molecule has 1 N–H and O–H groups in total. The minimum absolute atomic E-state index is 0.381. The number of benzene rings is 1. The molecule has 0 bridgehead atoms. The Morgan fingerprint density at radius 1 is 1.39 bits per heavy atom. The number of hydrogen-bond acceptors (Lipinski definition) is 3. The first-order valence-electron chi connectivity index (χ1n) is 5.87. The molecule has 1 aliphatic heterocycles. The van der Waals surface area contributed by atoms with E-state index in [1.807, 2.05) is 6.07 Å². The van der Waals surface area contributed by atoms with Crippen molar-refractivity contribution in [1.82, 2.24) is 0 Å². The summed E-state index contributed by atoms with van der Waals surface area (Å²) in [5.74, 6) is -0.852. The number of fused-ring (bicyclic) bond motifs is 1. The van der Waals surface area contributed by atoms with Crippen LogP contribution >= 0.6 is 11.3 Å². The van der Waals surface area contributed by atoms with Crippen LogP contribution in [0.4, 0.5) is 5.69 Å². The Morgan fingerprint density at radius 2 is 2.28 bits per heavy atom. The zero-order chi connectivity index (χ0) is 12.5. The van der Waals surface area contributed by atoms with Gasteiger partial charge in [-0.15, -0.1) is 11.3 Å². The van der Waals surface area contributed by atoms with Crippen LogP contribution in [0, 0.1) is 0 Å². The Bertz CT molecular complexity index is 577. The second-order valence-electron chi connectivity index (χ2n) is 4.40. The third-order valence-electron chi connectivity index (χ3n) is 3.24. The predicted molar refractivity (Wildman–Crippen MR) is 72.5 cm³/mol. The standard InChI is InChI=1S/C14H13NO2S/c16-14(17)11-3-4-13-10(8-11)5-6-15(13)9-12-2-1-7-18-12/h1-4,7-8H,5-6,9H2,(H,16,17). The van der Waals surface area contributed by atoms with Crippen molar-refractivity contribution in [2.24, 2.45) is 0 Å². The minimum atomic E-state index is -0.852.